The Bertz CT molecular complexity index is 372. The van der Waals surface area contributed by atoms with Gasteiger partial charge in [0.2, 0.25) is 0 Å². The maximum atomic E-state index is 12.5. The molecule has 0 fully saturated rings. The van der Waals surface area contributed by atoms with Crippen LogP contribution in [0, 0.1) is 5.92 Å². The van der Waals surface area contributed by atoms with Crippen LogP contribution in [0.15, 0.2) is 18.2 Å². The van der Waals surface area contributed by atoms with Crippen molar-refractivity contribution >= 4 is 5.69 Å². The van der Waals surface area contributed by atoms with E-state index in [1.165, 1.54) is 6.07 Å². The summed E-state index contributed by atoms with van der Waals surface area (Å²) in [5.74, 6) is 0.0582. The largest absolute Gasteiger partial charge is 0.416 e. The van der Waals surface area contributed by atoms with Gasteiger partial charge in [0, 0.05) is 11.7 Å². The standard InChI is InChI=1S/C11H15F3N2/c1-6(2)10(16)7-3-8(11(12,13)14)5-9(15)4-7/h3-6,10H,15-16H2,1-2H3/t10-/m1/s1. The minimum absolute atomic E-state index is 0.0582. The topological polar surface area (TPSA) is 52.0 Å². The molecule has 0 heterocycles. The molecule has 16 heavy (non-hydrogen) atoms. The van der Waals surface area contributed by atoms with Crippen molar-refractivity contribution in [2.75, 3.05) is 5.73 Å². The molecule has 0 saturated heterocycles. The van der Waals surface area contributed by atoms with Crippen molar-refractivity contribution in [2.24, 2.45) is 11.7 Å². The number of halogens is 3. The van der Waals surface area contributed by atoms with Gasteiger partial charge in [0.15, 0.2) is 0 Å². The van der Waals surface area contributed by atoms with E-state index in [4.69, 9.17) is 11.5 Å². The van der Waals surface area contributed by atoms with Gasteiger partial charge in [0.05, 0.1) is 5.56 Å². The molecule has 2 nitrogen and oxygen atoms in total. The SMILES string of the molecule is CC(C)[C@@H](N)c1cc(N)cc(C(F)(F)F)c1. The fourth-order valence-corrected chi connectivity index (χ4v) is 1.42. The van der Waals surface area contributed by atoms with Gasteiger partial charge in [-0.25, -0.2) is 0 Å². The first-order valence-electron chi connectivity index (χ1n) is 4.95. The fraction of sp³-hybridized carbons (Fsp3) is 0.455. The highest BCUT2D eigenvalue weighted by Gasteiger charge is 2.31. The van der Waals surface area contributed by atoms with Crippen LogP contribution in [0.5, 0.6) is 0 Å². The van der Waals surface area contributed by atoms with E-state index in [1.807, 2.05) is 13.8 Å². The van der Waals surface area contributed by atoms with E-state index in [0.29, 0.717) is 5.56 Å². The molecular formula is C11H15F3N2. The lowest BCUT2D eigenvalue weighted by molar-refractivity contribution is -0.137. The zero-order chi connectivity index (χ0) is 12.5. The summed E-state index contributed by atoms with van der Waals surface area (Å²) in [5, 5.41) is 0. The predicted octanol–water partition coefficient (Wildman–Crippen LogP) is 2.94. The van der Waals surface area contributed by atoms with Crippen molar-refractivity contribution in [1.29, 1.82) is 0 Å². The summed E-state index contributed by atoms with van der Waals surface area (Å²) >= 11 is 0. The Labute approximate surface area is 92.4 Å². The monoisotopic (exact) mass is 232 g/mol. The summed E-state index contributed by atoms with van der Waals surface area (Å²) < 4.78 is 37.5. The van der Waals surface area contributed by atoms with Crippen molar-refractivity contribution in [3.8, 4) is 0 Å². The number of rotatable bonds is 2. The molecule has 1 aromatic rings. The predicted molar refractivity (Wildman–Crippen MR) is 57.6 cm³/mol. The molecular weight excluding hydrogens is 217 g/mol. The van der Waals surface area contributed by atoms with Gasteiger partial charge in [-0.1, -0.05) is 13.8 Å². The molecule has 0 aliphatic carbocycles. The van der Waals surface area contributed by atoms with Crippen molar-refractivity contribution in [2.45, 2.75) is 26.1 Å². The third-order valence-electron chi connectivity index (χ3n) is 2.41. The second-order valence-electron chi connectivity index (χ2n) is 4.16. The molecule has 1 atom stereocenters. The number of hydrogen-bond donors (Lipinski definition) is 2. The Morgan fingerprint density at radius 2 is 1.69 bits per heavy atom. The Morgan fingerprint density at radius 3 is 2.12 bits per heavy atom. The number of benzene rings is 1. The molecule has 1 aromatic carbocycles. The molecule has 90 valence electrons. The van der Waals surface area contributed by atoms with Gasteiger partial charge < -0.3 is 11.5 Å². The van der Waals surface area contributed by atoms with Crippen molar-refractivity contribution in [1.82, 2.24) is 0 Å². The zero-order valence-corrected chi connectivity index (χ0v) is 9.18. The third kappa shape index (κ3) is 2.88. The summed E-state index contributed by atoms with van der Waals surface area (Å²) in [7, 11) is 0. The highest BCUT2D eigenvalue weighted by molar-refractivity contribution is 5.46. The average molecular weight is 232 g/mol. The molecule has 0 amide bonds. The zero-order valence-electron chi connectivity index (χ0n) is 9.18. The Hall–Kier alpha value is -1.23. The maximum Gasteiger partial charge on any atom is 0.416 e. The number of anilines is 1. The number of nitrogens with two attached hydrogens (primary N) is 2. The lowest BCUT2D eigenvalue weighted by atomic mass is 9.95. The maximum absolute atomic E-state index is 12.5. The normalized spacial score (nSPS) is 14.2. The van der Waals surface area contributed by atoms with Crippen LogP contribution in [0.2, 0.25) is 0 Å². The molecule has 1 rings (SSSR count). The van der Waals surface area contributed by atoms with Crippen LogP contribution in [-0.4, -0.2) is 0 Å². The minimum Gasteiger partial charge on any atom is -0.399 e. The molecule has 0 aliphatic heterocycles. The van der Waals surface area contributed by atoms with Crippen molar-refractivity contribution in [3.63, 3.8) is 0 Å². The highest BCUT2D eigenvalue weighted by Crippen LogP contribution is 2.33. The van der Waals surface area contributed by atoms with Crippen LogP contribution >= 0.6 is 0 Å². The van der Waals surface area contributed by atoms with Crippen molar-refractivity contribution in [3.05, 3.63) is 29.3 Å². The van der Waals surface area contributed by atoms with E-state index in [2.05, 4.69) is 0 Å². The summed E-state index contributed by atoms with van der Waals surface area (Å²) in [6.45, 7) is 3.70. The number of hydrogen-bond acceptors (Lipinski definition) is 2. The first-order chi connectivity index (χ1) is 7.21. The van der Waals surface area contributed by atoms with E-state index in [1.54, 1.807) is 0 Å². The van der Waals surface area contributed by atoms with Gasteiger partial charge in [-0.05, 0) is 29.7 Å². The quantitative estimate of drug-likeness (QED) is 0.770. The fourth-order valence-electron chi connectivity index (χ4n) is 1.42. The molecule has 0 radical (unpaired) electrons. The smallest absolute Gasteiger partial charge is 0.399 e. The summed E-state index contributed by atoms with van der Waals surface area (Å²) in [6, 6.07) is 3.02. The molecule has 0 bridgehead atoms. The first kappa shape index (κ1) is 12.8. The van der Waals surface area contributed by atoms with E-state index in [0.717, 1.165) is 12.1 Å². The number of nitrogen functional groups attached to an aromatic ring is 1. The van der Waals surface area contributed by atoms with Crippen LogP contribution in [0.4, 0.5) is 18.9 Å². The van der Waals surface area contributed by atoms with Crippen LogP contribution < -0.4 is 11.5 Å². The molecule has 4 N–H and O–H groups in total. The van der Waals surface area contributed by atoms with Gasteiger partial charge in [-0.2, -0.15) is 13.2 Å². The lowest BCUT2D eigenvalue weighted by Gasteiger charge is -2.18. The van der Waals surface area contributed by atoms with Crippen LogP contribution in [0.25, 0.3) is 0 Å². The van der Waals surface area contributed by atoms with Gasteiger partial charge in [-0.3, -0.25) is 0 Å². The van der Waals surface area contributed by atoms with E-state index in [9.17, 15) is 13.2 Å². The van der Waals surface area contributed by atoms with E-state index < -0.39 is 17.8 Å². The summed E-state index contributed by atoms with van der Waals surface area (Å²) in [4.78, 5) is 0. The highest BCUT2D eigenvalue weighted by atomic mass is 19.4. The number of alkyl halides is 3. The summed E-state index contributed by atoms with van der Waals surface area (Å²) in [6.07, 6.45) is -4.39. The van der Waals surface area contributed by atoms with Gasteiger partial charge in [-0.15, -0.1) is 0 Å². The van der Waals surface area contributed by atoms with Gasteiger partial charge >= 0.3 is 6.18 Å². The molecule has 0 aliphatic rings. The molecule has 0 aromatic heterocycles. The molecule has 0 unspecified atom stereocenters. The average Bonchev–Trinajstić information content (AvgIpc) is 2.14. The second kappa shape index (κ2) is 4.33. The van der Waals surface area contributed by atoms with Crippen LogP contribution in [0.3, 0.4) is 0 Å². The molecule has 0 spiro atoms. The Balaban J connectivity index is 3.18. The first-order valence-corrected chi connectivity index (χ1v) is 4.95. The third-order valence-corrected chi connectivity index (χ3v) is 2.41. The van der Waals surface area contributed by atoms with Crippen LogP contribution in [-0.2, 0) is 6.18 Å². The van der Waals surface area contributed by atoms with Gasteiger partial charge in [0.25, 0.3) is 0 Å². The van der Waals surface area contributed by atoms with E-state index >= 15 is 0 Å². The Morgan fingerprint density at radius 1 is 1.12 bits per heavy atom. The Kier molecular flexibility index (Phi) is 3.48. The minimum atomic E-state index is -4.39. The molecule has 0 saturated carbocycles. The lowest BCUT2D eigenvalue weighted by Crippen LogP contribution is -2.18. The van der Waals surface area contributed by atoms with Crippen molar-refractivity contribution < 1.29 is 13.2 Å². The van der Waals surface area contributed by atoms with Gasteiger partial charge in [0.1, 0.15) is 0 Å². The summed E-state index contributed by atoms with van der Waals surface area (Å²) in [5.41, 5.74) is 11.0. The van der Waals surface area contributed by atoms with Crippen LogP contribution in [0.1, 0.15) is 31.0 Å². The molecule has 5 heteroatoms. The van der Waals surface area contributed by atoms with E-state index in [-0.39, 0.29) is 11.6 Å². The second-order valence-corrected chi connectivity index (χ2v) is 4.16.